The Hall–Kier alpha value is -3.10. The molecule has 1 aromatic heterocycles. The summed E-state index contributed by atoms with van der Waals surface area (Å²) in [5.74, 6) is -0.768. The van der Waals surface area contributed by atoms with Crippen molar-refractivity contribution >= 4 is 34.0 Å². The summed E-state index contributed by atoms with van der Waals surface area (Å²) in [6, 6.07) is 11.7. The van der Waals surface area contributed by atoms with E-state index in [1.165, 1.54) is 23.5 Å². The summed E-state index contributed by atoms with van der Waals surface area (Å²) in [5, 5.41) is 7.86. The van der Waals surface area contributed by atoms with Gasteiger partial charge in [0, 0.05) is 16.6 Å². The fourth-order valence-electron chi connectivity index (χ4n) is 2.87. The molecule has 0 atom stereocenters. The normalized spacial score (nSPS) is 10.8. The van der Waals surface area contributed by atoms with Crippen LogP contribution in [0.2, 0.25) is 0 Å². The Morgan fingerprint density at radius 1 is 1.03 bits per heavy atom. The minimum absolute atomic E-state index is 0.0473. The predicted molar refractivity (Wildman–Crippen MR) is 118 cm³/mol. The molecule has 0 saturated carbocycles. The molecular weight excluding hydrogens is 403 g/mol. The van der Waals surface area contributed by atoms with E-state index >= 15 is 0 Å². The molecule has 0 aliphatic rings. The number of anilines is 2. The summed E-state index contributed by atoms with van der Waals surface area (Å²) in [6.07, 6.45) is 0. The molecule has 2 N–H and O–H groups in total. The van der Waals surface area contributed by atoms with Crippen LogP contribution in [0.15, 0.2) is 47.8 Å². The Bertz CT molecular complexity index is 1050. The molecule has 0 fully saturated rings. The van der Waals surface area contributed by atoms with Crippen LogP contribution in [0.4, 0.5) is 15.2 Å². The largest absolute Gasteiger partial charge is 0.325 e. The van der Waals surface area contributed by atoms with Gasteiger partial charge in [-0.2, -0.15) is 0 Å². The van der Waals surface area contributed by atoms with Crippen molar-refractivity contribution in [1.82, 2.24) is 9.88 Å². The third-order valence-electron chi connectivity index (χ3n) is 4.60. The smallest absolute Gasteiger partial charge is 0.240 e. The highest BCUT2D eigenvalue weighted by Crippen LogP contribution is 2.25. The minimum atomic E-state index is -0.313. The van der Waals surface area contributed by atoms with Gasteiger partial charge in [-0.1, -0.05) is 12.1 Å². The SMILES string of the molecule is Cc1cccc(NC(=O)CN(C)CC(=O)Nc2nc(-c3ccc(F)cc3)cs2)c1C. The highest BCUT2D eigenvalue weighted by atomic mass is 32.1. The average molecular weight is 427 g/mol. The maximum absolute atomic E-state index is 13.0. The summed E-state index contributed by atoms with van der Waals surface area (Å²) < 4.78 is 13.0. The van der Waals surface area contributed by atoms with E-state index in [9.17, 15) is 14.0 Å². The quantitative estimate of drug-likeness (QED) is 0.597. The van der Waals surface area contributed by atoms with Gasteiger partial charge in [-0.15, -0.1) is 11.3 Å². The average Bonchev–Trinajstić information content (AvgIpc) is 3.14. The number of aromatic nitrogens is 1. The van der Waals surface area contributed by atoms with E-state index < -0.39 is 0 Å². The lowest BCUT2D eigenvalue weighted by molar-refractivity contribution is -0.119. The molecule has 3 aromatic rings. The topological polar surface area (TPSA) is 74.3 Å². The molecule has 2 aromatic carbocycles. The number of nitrogens with one attached hydrogen (secondary N) is 2. The first kappa shape index (κ1) is 21.6. The van der Waals surface area contributed by atoms with Crippen molar-refractivity contribution in [3.05, 3.63) is 64.8 Å². The van der Waals surface area contributed by atoms with Gasteiger partial charge in [-0.05, 0) is 62.4 Å². The Morgan fingerprint density at radius 3 is 2.40 bits per heavy atom. The number of hydrogen-bond acceptors (Lipinski definition) is 5. The molecule has 0 aliphatic carbocycles. The molecule has 8 heteroatoms. The number of benzene rings is 2. The Labute approximate surface area is 178 Å². The maximum atomic E-state index is 13.0. The second-order valence-corrected chi connectivity index (χ2v) is 7.92. The first-order chi connectivity index (χ1) is 14.3. The van der Waals surface area contributed by atoms with Crippen LogP contribution in [0.5, 0.6) is 0 Å². The zero-order valence-electron chi connectivity index (χ0n) is 17.0. The van der Waals surface area contributed by atoms with Crippen molar-refractivity contribution in [3.8, 4) is 11.3 Å². The molecule has 0 saturated heterocycles. The fraction of sp³-hybridized carbons (Fsp3) is 0.227. The lowest BCUT2D eigenvalue weighted by Gasteiger charge is -2.16. The van der Waals surface area contributed by atoms with Gasteiger partial charge >= 0.3 is 0 Å². The number of carbonyl (C=O) groups is 2. The highest BCUT2D eigenvalue weighted by Gasteiger charge is 2.14. The van der Waals surface area contributed by atoms with Crippen LogP contribution in [0.1, 0.15) is 11.1 Å². The molecule has 1 heterocycles. The van der Waals surface area contributed by atoms with E-state index in [1.54, 1.807) is 29.5 Å². The third-order valence-corrected chi connectivity index (χ3v) is 5.35. The van der Waals surface area contributed by atoms with Gasteiger partial charge in [0.05, 0.1) is 18.8 Å². The van der Waals surface area contributed by atoms with E-state index in [-0.39, 0.29) is 30.7 Å². The van der Waals surface area contributed by atoms with Gasteiger partial charge in [0.25, 0.3) is 0 Å². The lowest BCUT2D eigenvalue weighted by atomic mass is 10.1. The number of thiazole rings is 1. The van der Waals surface area contributed by atoms with Crippen molar-refractivity contribution in [1.29, 1.82) is 0 Å². The number of aryl methyl sites for hydroxylation is 1. The molecule has 3 rings (SSSR count). The zero-order chi connectivity index (χ0) is 21.7. The van der Waals surface area contributed by atoms with E-state index in [4.69, 9.17) is 0 Å². The Morgan fingerprint density at radius 2 is 1.70 bits per heavy atom. The van der Waals surface area contributed by atoms with Crippen LogP contribution in [-0.2, 0) is 9.59 Å². The fourth-order valence-corrected chi connectivity index (χ4v) is 3.60. The minimum Gasteiger partial charge on any atom is -0.325 e. The molecule has 30 heavy (non-hydrogen) atoms. The highest BCUT2D eigenvalue weighted by molar-refractivity contribution is 7.14. The molecule has 2 amide bonds. The van der Waals surface area contributed by atoms with E-state index in [0.717, 1.165) is 22.4 Å². The van der Waals surface area contributed by atoms with Gasteiger partial charge < -0.3 is 10.6 Å². The molecule has 0 aliphatic heterocycles. The monoisotopic (exact) mass is 426 g/mol. The third kappa shape index (κ3) is 5.71. The molecule has 0 bridgehead atoms. The molecule has 6 nitrogen and oxygen atoms in total. The van der Waals surface area contributed by atoms with Crippen LogP contribution in [-0.4, -0.2) is 41.8 Å². The summed E-state index contributed by atoms with van der Waals surface area (Å²) in [7, 11) is 1.70. The van der Waals surface area contributed by atoms with Crippen LogP contribution >= 0.6 is 11.3 Å². The molecular formula is C22H23FN4O2S. The maximum Gasteiger partial charge on any atom is 0.240 e. The van der Waals surface area contributed by atoms with Gasteiger partial charge in [-0.25, -0.2) is 9.37 Å². The van der Waals surface area contributed by atoms with Crippen molar-refractivity contribution in [2.75, 3.05) is 30.8 Å². The second kappa shape index (κ2) is 9.60. The first-order valence-electron chi connectivity index (χ1n) is 9.38. The number of hydrogen-bond donors (Lipinski definition) is 2. The summed E-state index contributed by atoms with van der Waals surface area (Å²) >= 11 is 1.29. The van der Waals surface area contributed by atoms with Crippen LogP contribution in [0.25, 0.3) is 11.3 Å². The standard InChI is InChI=1S/C22H23FN4O2S/c1-14-5-4-6-18(15(14)2)24-20(28)11-27(3)12-21(29)26-22-25-19(13-30-22)16-7-9-17(23)10-8-16/h4-10,13H,11-12H2,1-3H3,(H,24,28)(H,25,26,29). The number of carbonyl (C=O) groups excluding carboxylic acids is 2. The van der Waals surface area contributed by atoms with Crippen LogP contribution in [0, 0.1) is 19.7 Å². The van der Waals surface area contributed by atoms with Crippen LogP contribution in [0.3, 0.4) is 0 Å². The van der Waals surface area contributed by atoms with Crippen molar-refractivity contribution < 1.29 is 14.0 Å². The van der Waals surface area contributed by atoms with Gasteiger partial charge in [0.2, 0.25) is 11.8 Å². The Balaban J connectivity index is 1.50. The summed E-state index contributed by atoms with van der Waals surface area (Å²) in [6.45, 7) is 4.07. The lowest BCUT2D eigenvalue weighted by Crippen LogP contribution is -2.36. The van der Waals surface area contributed by atoms with Crippen LogP contribution < -0.4 is 10.6 Å². The van der Waals surface area contributed by atoms with Crippen molar-refractivity contribution in [3.63, 3.8) is 0 Å². The van der Waals surface area contributed by atoms with Gasteiger partial charge in [-0.3, -0.25) is 14.5 Å². The summed E-state index contributed by atoms with van der Waals surface area (Å²) in [5.41, 5.74) is 4.33. The Kier molecular flexibility index (Phi) is 6.91. The zero-order valence-corrected chi connectivity index (χ0v) is 17.8. The predicted octanol–water partition coefficient (Wildman–Crippen LogP) is 4.08. The molecule has 0 radical (unpaired) electrons. The number of likely N-dealkylation sites (N-methyl/N-ethyl adjacent to an activating group) is 1. The molecule has 156 valence electrons. The summed E-state index contributed by atoms with van der Waals surface area (Å²) in [4.78, 5) is 30.6. The molecule has 0 unspecified atom stereocenters. The van der Waals surface area contributed by atoms with Gasteiger partial charge in [0.1, 0.15) is 5.82 Å². The van der Waals surface area contributed by atoms with Crippen molar-refractivity contribution in [2.24, 2.45) is 0 Å². The van der Waals surface area contributed by atoms with E-state index in [0.29, 0.717) is 10.8 Å². The molecule has 0 spiro atoms. The first-order valence-corrected chi connectivity index (χ1v) is 10.3. The number of nitrogens with zero attached hydrogens (tertiary/aromatic N) is 2. The second-order valence-electron chi connectivity index (χ2n) is 7.06. The van der Waals surface area contributed by atoms with Crippen molar-refractivity contribution in [2.45, 2.75) is 13.8 Å². The number of amides is 2. The number of rotatable bonds is 7. The van der Waals surface area contributed by atoms with E-state index in [2.05, 4.69) is 15.6 Å². The van der Waals surface area contributed by atoms with Gasteiger partial charge in [0.15, 0.2) is 5.13 Å². The number of halogens is 1. The van der Waals surface area contributed by atoms with E-state index in [1.807, 2.05) is 32.0 Å².